The van der Waals surface area contributed by atoms with Crippen LogP contribution in [0.5, 0.6) is 0 Å². The van der Waals surface area contributed by atoms with E-state index in [0.717, 1.165) is 28.1 Å². The third kappa shape index (κ3) is 3.29. The van der Waals surface area contributed by atoms with Crippen molar-refractivity contribution in [1.29, 1.82) is 0 Å². The number of nitrogens with one attached hydrogen (secondary N) is 2. The topological polar surface area (TPSA) is 114 Å². The van der Waals surface area contributed by atoms with E-state index in [4.69, 9.17) is 0 Å². The Hall–Kier alpha value is -4.22. The van der Waals surface area contributed by atoms with Crippen LogP contribution in [0.15, 0.2) is 52.4 Å². The van der Waals surface area contributed by atoms with Crippen molar-refractivity contribution >= 4 is 16.6 Å². The lowest BCUT2D eigenvalue weighted by Crippen LogP contribution is -2.23. The van der Waals surface area contributed by atoms with Crippen molar-refractivity contribution in [3.63, 3.8) is 0 Å². The Morgan fingerprint density at radius 3 is 2.79 bits per heavy atom. The quantitative estimate of drug-likeness (QED) is 0.413. The molecule has 0 radical (unpaired) electrons. The Morgan fingerprint density at radius 2 is 2.00 bits per heavy atom. The Labute approximate surface area is 187 Å². The summed E-state index contributed by atoms with van der Waals surface area (Å²) in [7, 11) is 0. The summed E-state index contributed by atoms with van der Waals surface area (Å²) in [5.41, 5.74) is 1.57. The molecule has 34 heavy (non-hydrogen) atoms. The molecule has 4 aromatic heterocycles. The number of hydrogen-bond acceptors (Lipinski definition) is 5. The summed E-state index contributed by atoms with van der Waals surface area (Å²) in [6.07, 6.45) is 2.05. The minimum atomic E-state index is -2.52. The summed E-state index contributed by atoms with van der Waals surface area (Å²) in [5.74, 6) is -0.683. The molecule has 0 amide bonds. The summed E-state index contributed by atoms with van der Waals surface area (Å²) in [4.78, 5) is 32.4. The third-order valence-electron chi connectivity index (χ3n) is 6.15. The van der Waals surface area contributed by atoms with E-state index in [-0.39, 0.29) is 23.1 Å². The Bertz CT molecular complexity index is 1680. The molecule has 1 aliphatic carbocycles. The van der Waals surface area contributed by atoms with E-state index in [1.54, 1.807) is 12.3 Å². The van der Waals surface area contributed by atoms with Crippen molar-refractivity contribution in [2.24, 2.45) is 0 Å². The molecule has 1 saturated carbocycles. The first-order valence-electron chi connectivity index (χ1n) is 10.5. The largest absolute Gasteiger partial charge is 0.325 e. The second kappa shape index (κ2) is 7.40. The van der Waals surface area contributed by atoms with Crippen molar-refractivity contribution in [2.75, 3.05) is 0 Å². The molecular formula is C22H16F3N7O2. The average molecular weight is 467 g/mol. The van der Waals surface area contributed by atoms with Crippen LogP contribution >= 0.6 is 0 Å². The summed E-state index contributed by atoms with van der Waals surface area (Å²) in [6.45, 7) is -0.490. The van der Waals surface area contributed by atoms with Gasteiger partial charge in [0.05, 0.1) is 29.2 Å². The van der Waals surface area contributed by atoms with Crippen molar-refractivity contribution in [1.82, 2.24) is 34.3 Å². The zero-order valence-corrected chi connectivity index (χ0v) is 17.4. The molecule has 172 valence electrons. The maximum atomic E-state index is 14.4. The van der Waals surface area contributed by atoms with Crippen LogP contribution in [-0.4, -0.2) is 40.8 Å². The molecule has 9 nitrogen and oxygen atoms in total. The summed E-state index contributed by atoms with van der Waals surface area (Å²) in [6, 6.07) is 7.31. The predicted molar refractivity (Wildman–Crippen MR) is 115 cm³/mol. The number of aromatic nitrogens is 7. The van der Waals surface area contributed by atoms with Gasteiger partial charge in [0.25, 0.3) is 12.0 Å². The molecule has 0 bridgehead atoms. The molecule has 4 heterocycles. The van der Waals surface area contributed by atoms with E-state index < -0.39 is 30.2 Å². The lowest BCUT2D eigenvalue weighted by molar-refractivity contribution is 0.123. The van der Waals surface area contributed by atoms with Crippen LogP contribution in [0, 0.1) is 5.95 Å². The van der Waals surface area contributed by atoms with Crippen molar-refractivity contribution in [2.45, 2.75) is 31.2 Å². The number of alkyl halides is 2. The fourth-order valence-electron chi connectivity index (χ4n) is 4.47. The molecule has 0 spiro atoms. The minimum Gasteiger partial charge on any atom is -0.313 e. The van der Waals surface area contributed by atoms with Gasteiger partial charge >= 0.3 is 5.69 Å². The SMILES string of the molecule is O=c1[nH]cc(-c2cc(C3C[C@H]3c3ccc4cnn(CC(F)F)c4c3)c3ncc(F)n3n2)c(=O)[nH]1. The highest BCUT2D eigenvalue weighted by Crippen LogP contribution is 2.56. The molecule has 6 rings (SSSR count). The van der Waals surface area contributed by atoms with Gasteiger partial charge in [-0.15, -0.1) is 0 Å². The number of nitrogens with zero attached hydrogens (tertiary/aromatic N) is 5. The van der Waals surface area contributed by atoms with Crippen LogP contribution < -0.4 is 11.2 Å². The van der Waals surface area contributed by atoms with Crippen LogP contribution in [0.2, 0.25) is 0 Å². The number of imidazole rings is 1. The Balaban J connectivity index is 1.42. The first-order valence-corrected chi connectivity index (χ1v) is 10.5. The molecule has 12 heteroatoms. The summed E-state index contributed by atoms with van der Waals surface area (Å²) in [5, 5.41) is 9.01. The van der Waals surface area contributed by atoms with Gasteiger partial charge < -0.3 is 4.98 Å². The second-order valence-corrected chi connectivity index (χ2v) is 8.27. The fourth-order valence-corrected chi connectivity index (χ4v) is 4.47. The van der Waals surface area contributed by atoms with Crippen molar-refractivity contribution in [3.8, 4) is 11.3 Å². The van der Waals surface area contributed by atoms with E-state index in [0.29, 0.717) is 16.7 Å². The van der Waals surface area contributed by atoms with E-state index >= 15 is 0 Å². The van der Waals surface area contributed by atoms with Gasteiger partial charge in [-0.2, -0.15) is 19.1 Å². The van der Waals surface area contributed by atoms with E-state index in [1.165, 1.54) is 10.9 Å². The van der Waals surface area contributed by atoms with Gasteiger partial charge in [0.15, 0.2) is 5.65 Å². The zero-order chi connectivity index (χ0) is 23.6. The van der Waals surface area contributed by atoms with E-state index in [1.807, 2.05) is 18.2 Å². The number of aromatic amines is 2. The molecule has 0 aliphatic heterocycles. The van der Waals surface area contributed by atoms with Gasteiger partial charge in [0.2, 0.25) is 5.95 Å². The van der Waals surface area contributed by atoms with Gasteiger partial charge in [0, 0.05) is 17.1 Å². The van der Waals surface area contributed by atoms with Crippen LogP contribution in [0.25, 0.3) is 27.8 Å². The highest BCUT2D eigenvalue weighted by molar-refractivity contribution is 5.79. The van der Waals surface area contributed by atoms with Crippen LogP contribution in [0.3, 0.4) is 0 Å². The molecule has 1 unspecified atom stereocenters. The molecule has 0 saturated heterocycles. The maximum absolute atomic E-state index is 14.4. The Kier molecular flexibility index (Phi) is 4.44. The van der Waals surface area contributed by atoms with E-state index in [9.17, 15) is 22.8 Å². The molecule has 1 fully saturated rings. The van der Waals surface area contributed by atoms with Gasteiger partial charge in [-0.3, -0.25) is 14.5 Å². The highest BCUT2D eigenvalue weighted by atomic mass is 19.3. The molecule has 1 aliphatic rings. The molecule has 2 atom stereocenters. The maximum Gasteiger partial charge on any atom is 0.325 e. The van der Waals surface area contributed by atoms with Crippen molar-refractivity contribution < 1.29 is 13.2 Å². The molecule has 5 aromatic rings. The van der Waals surface area contributed by atoms with Crippen LogP contribution in [0.4, 0.5) is 13.2 Å². The number of H-pyrrole nitrogens is 2. The third-order valence-corrected chi connectivity index (χ3v) is 6.15. The average Bonchev–Trinajstić information content (AvgIpc) is 3.38. The van der Waals surface area contributed by atoms with Gasteiger partial charge in [0.1, 0.15) is 6.54 Å². The zero-order valence-electron chi connectivity index (χ0n) is 17.4. The monoisotopic (exact) mass is 467 g/mol. The normalized spacial score (nSPS) is 17.8. The molecule has 1 aromatic carbocycles. The summed E-state index contributed by atoms with van der Waals surface area (Å²) < 4.78 is 42.5. The lowest BCUT2D eigenvalue weighted by Gasteiger charge is -2.08. The number of fused-ring (bicyclic) bond motifs is 2. The minimum absolute atomic E-state index is 0.0446. The number of hydrogen-bond donors (Lipinski definition) is 2. The summed E-state index contributed by atoms with van der Waals surface area (Å²) >= 11 is 0. The smallest absolute Gasteiger partial charge is 0.313 e. The molecule has 2 N–H and O–H groups in total. The number of benzene rings is 1. The van der Waals surface area contributed by atoms with Gasteiger partial charge in [-0.1, -0.05) is 12.1 Å². The molecular weight excluding hydrogens is 451 g/mol. The predicted octanol–water partition coefficient (Wildman–Crippen LogP) is 2.80. The standard InChI is InChI=1S/C22H16F3N7O2/c23-18(24)9-31-17-3-10(1-2-11(17)6-28-31)12-4-13(12)14-5-16(15-7-27-22(34)29-21(15)33)30-32-19(25)8-26-20(14)32/h1-3,5-8,12-13,18H,4,9H2,(H2,27,29,33,34)/t12-,13?/m0/s1. The van der Waals surface area contributed by atoms with Crippen molar-refractivity contribution in [3.05, 3.63) is 80.8 Å². The second-order valence-electron chi connectivity index (χ2n) is 8.27. The number of halogens is 3. The fraction of sp³-hybridized carbons (Fsp3) is 0.227. The Morgan fingerprint density at radius 1 is 1.15 bits per heavy atom. The number of rotatable bonds is 5. The highest BCUT2D eigenvalue weighted by Gasteiger charge is 2.42. The van der Waals surface area contributed by atoms with Gasteiger partial charge in [-0.05, 0) is 36.0 Å². The van der Waals surface area contributed by atoms with E-state index in [2.05, 4.69) is 25.1 Å². The van der Waals surface area contributed by atoms with Gasteiger partial charge in [-0.25, -0.2) is 18.6 Å². The first-order chi connectivity index (χ1) is 16.4. The lowest BCUT2D eigenvalue weighted by atomic mass is 10.0. The van der Waals surface area contributed by atoms with Crippen LogP contribution in [0.1, 0.15) is 29.4 Å². The van der Waals surface area contributed by atoms with Crippen LogP contribution in [-0.2, 0) is 6.54 Å². The first kappa shape index (κ1) is 20.4.